The topological polar surface area (TPSA) is 141 Å². The highest BCUT2D eigenvalue weighted by Gasteiger charge is 2.74. The summed E-state index contributed by atoms with van der Waals surface area (Å²) in [6.07, 6.45) is 4.99. The van der Waals surface area contributed by atoms with Crippen LogP contribution in [0.1, 0.15) is 86.0 Å². The Balaban J connectivity index is 0.887. The number of aliphatic hydroxyl groups is 3. The summed E-state index contributed by atoms with van der Waals surface area (Å²) in [7, 11) is 2.10. The summed E-state index contributed by atoms with van der Waals surface area (Å²) >= 11 is 0. The molecule has 11 heteroatoms. The van der Waals surface area contributed by atoms with Crippen molar-refractivity contribution < 1.29 is 44.2 Å². The van der Waals surface area contributed by atoms with Crippen LogP contribution in [0.15, 0.2) is 24.3 Å². The monoisotopic (exact) mass is 700 g/mol. The summed E-state index contributed by atoms with van der Waals surface area (Å²) in [5.74, 6) is 1.98. The van der Waals surface area contributed by atoms with Gasteiger partial charge in [0.2, 0.25) is 0 Å². The van der Waals surface area contributed by atoms with Gasteiger partial charge in [0.1, 0.15) is 18.3 Å². The van der Waals surface area contributed by atoms with E-state index in [9.17, 15) is 25.2 Å². The lowest BCUT2D eigenvalue weighted by Gasteiger charge is -2.63. The van der Waals surface area contributed by atoms with Crippen molar-refractivity contribution in [2.24, 2.45) is 11.8 Å². The van der Waals surface area contributed by atoms with Gasteiger partial charge in [-0.3, -0.25) is 9.80 Å². The van der Waals surface area contributed by atoms with E-state index in [1.807, 2.05) is 12.1 Å². The third-order valence-electron chi connectivity index (χ3n) is 14.8. The highest BCUT2D eigenvalue weighted by molar-refractivity contribution is 5.69. The van der Waals surface area contributed by atoms with Gasteiger partial charge in [-0.05, 0) is 119 Å². The highest BCUT2D eigenvalue weighted by Crippen LogP contribution is 2.66. The Morgan fingerprint density at radius 3 is 2.57 bits per heavy atom. The Morgan fingerprint density at radius 2 is 1.76 bits per heavy atom. The van der Waals surface area contributed by atoms with Gasteiger partial charge in [-0.2, -0.15) is 0 Å². The van der Waals surface area contributed by atoms with Crippen LogP contribution in [0.2, 0.25) is 0 Å². The Morgan fingerprint density at radius 1 is 0.961 bits per heavy atom. The molecule has 2 unspecified atom stereocenters. The number of aromatic hydroxyl groups is 1. The number of carbonyl (C=O) groups excluding carboxylic acids is 1. The van der Waals surface area contributed by atoms with Crippen LogP contribution in [0.5, 0.6) is 23.0 Å². The molecule has 6 aliphatic carbocycles. The van der Waals surface area contributed by atoms with Crippen LogP contribution in [-0.4, -0.2) is 111 Å². The summed E-state index contributed by atoms with van der Waals surface area (Å²) in [5.41, 5.74) is 0.861. The van der Waals surface area contributed by atoms with Crippen LogP contribution in [0.25, 0.3) is 0 Å². The number of aliphatic hydroxyl groups excluding tert-OH is 1. The lowest BCUT2D eigenvalue weighted by atomic mass is 9.48. The first-order valence-electron chi connectivity index (χ1n) is 19.4. The number of hydrogen-bond acceptors (Lipinski definition) is 11. The summed E-state index contributed by atoms with van der Waals surface area (Å²) in [6.45, 7) is 2.74. The molecule has 2 bridgehead atoms. The molecule has 11 nitrogen and oxygen atoms in total. The SMILES string of the molecule is CN(CC1CC1)[C@@H]1Cc2ccc(OC(=O)O[C@@H]3CC[C@@]4(O)C5Cc6ccc(O)c7c6[C@@]4(CCN5CC4CC4)[C@H]3O7)c3c2C2[C@@H](O3)[C@H](O)CC[C@]21O. The van der Waals surface area contributed by atoms with Gasteiger partial charge in [0.25, 0.3) is 0 Å². The highest BCUT2D eigenvalue weighted by atomic mass is 16.7. The second-order valence-electron chi connectivity index (χ2n) is 17.6. The number of phenols is 1. The maximum atomic E-state index is 13.8. The molecule has 2 aromatic rings. The van der Waals surface area contributed by atoms with E-state index in [2.05, 4.69) is 16.8 Å². The van der Waals surface area contributed by atoms with Crippen molar-refractivity contribution in [3.63, 3.8) is 0 Å². The van der Waals surface area contributed by atoms with Gasteiger partial charge in [0.05, 0.1) is 28.6 Å². The third kappa shape index (κ3) is 4.21. The smallest absolute Gasteiger partial charge is 0.504 e. The molecule has 4 N–H and O–H groups in total. The molecule has 4 saturated carbocycles. The minimum Gasteiger partial charge on any atom is -0.504 e. The molecule has 11 rings (SSSR count). The van der Waals surface area contributed by atoms with Gasteiger partial charge in [-0.15, -0.1) is 0 Å². The van der Waals surface area contributed by atoms with E-state index < -0.39 is 53.1 Å². The summed E-state index contributed by atoms with van der Waals surface area (Å²) in [6, 6.07) is 7.18. The van der Waals surface area contributed by atoms with Crippen molar-refractivity contribution in [2.75, 3.05) is 26.7 Å². The average Bonchev–Trinajstić information content (AvgIpc) is 4.02. The Kier molecular flexibility index (Phi) is 6.49. The normalized spacial score (nSPS) is 41.0. The molecule has 1 saturated heterocycles. The van der Waals surface area contributed by atoms with E-state index >= 15 is 0 Å². The first kappa shape index (κ1) is 31.4. The number of likely N-dealkylation sites (N-methyl/N-ethyl adjacent to an activating group) is 1. The molecular weight excluding hydrogens is 652 g/mol. The number of likely N-dealkylation sites (tertiary alicyclic amines) is 1. The maximum Gasteiger partial charge on any atom is 0.514 e. The lowest BCUT2D eigenvalue weighted by molar-refractivity contribution is -0.209. The fraction of sp³-hybridized carbons (Fsp3) is 0.675. The molecule has 0 aromatic heterocycles. The third-order valence-corrected chi connectivity index (χ3v) is 14.8. The number of benzene rings is 2. The van der Waals surface area contributed by atoms with E-state index in [-0.39, 0.29) is 23.6 Å². The number of phenolic OH excluding ortho intramolecular Hbond substituents is 1. The Bertz CT molecular complexity index is 1830. The van der Waals surface area contributed by atoms with Crippen LogP contribution >= 0.6 is 0 Å². The van der Waals surface area contributed by atoms with E-state index in [0.717, 1.165) is 41.9 Å². The average molecular weight is 701 g/mol. The van der Waals surface area contributed by atoms with Crippen LogP contribution in [0.4, 0.5) is 4.79 Å². The van der Waals surface area contributed by atoms with Gasteiger partial charge in [0.15, 0.2) is 23.0 Å². The molecule has 1 spiro atoms. The standard InChI is InChI=1S/C40H48N2O9/c1-41(18-20-2-3-20)28-16-22-7-9-26(35-30(22)32-34(50-35)25(44)10-12-39(28,32)46)48-37(45)49-27-11-13-40(47)29-17-23-6-8-24(43)33-31(23)38(40,36(27)51-33)14-15-42(29)19-21-4-5-21/h6-9,20-21,25,27-29,32,34,36,43-44,46-47H,2-5,10-19H2,1H3/t25-,27-,28-,29?,32?,34+,36+,38+,39-,40-/m1/s1. The van der Waals surface area contributed by atoms with Gasteiger partial charge in [0, 0.05) is 36.3 Å². The van der Waals surface area contributed by atoms with Crippen molar-refractivity contribution in [1.82, 2.24) is 9.80 Å². The maximum absolute atomic E-state index is 13.8. The predicted octanol–water partition coefficient (Wildman–Crippen LogP) is 3.54. The van der Waals surface area contributed by atoms with Crippen molar-refractivity contribution in [3.8, 4) is 23.0 Å². The van der Waals surface area contributed by atoms with E-state index in [1.54, 1.807) is 12.1 Å². The zero-order valence-electron chi connectivity index (χ0n) is 29.1. The van der Waals surface area contributed by atoms with Crippen molar-refractivity contribution in [2.45, 2.75) is 130 Å². The molecule has 5 fully saturated rings. The second kappa shape index (κ2) is 10.5. The zero-order valence-corrected chi connectivity index (χ0v) is 29.1. The van der Waals surface area contributed by atoms with Crippen molar-refractivity contribution in [3.05, 3.63) is 46.5 Å². The molecule has 9 aliphatic rings. The molecule has 51 heavy (non-hydrogen) atoms. The quantitative estimate of drug-likeness (QED) is 0.249. The van der Waals surface area contributed by atoms with Gasteiger partial charge in [-0.1, -0.05) is 12.1 Å². The lowest BCUT2D eigenvalue weighted by Crippen LogP contribution is -2.77. The number of carbonyl (C=O) groups is 1. The molecule has 0 radical (unpaired) electrons. The number of ether oxygens (including phenoxy) is 4. The number of rotatable bonds is 7. The Hall–Kier alpha value is -3.09. The van der Waals surface area contributed by atoms with Crippen LogP contribution in [0.3, 0.4) is 0 Å². The van der Waals surface area contributed by atoms with Crippen LogP contribution < -0.4 is 14.2 Å². The first-order valence-corrected chi connectivity index (χ1v) is 19.4. The van der Waals surface area contributed by atoms with Gasteiger partial charge in [-0.25, -0.2) is 4.79 Å². The van der Waals surface area contributed by atoms with Gasteiger partial charge >= 0.3 is 6.16 Å². The molecule has 3 heterocycles. The largest absolute Gasteiger partial charge is 0.514 e. The zero-order chi connectivity index (χ0) is 34.6. The minimum atomic E-state index is -1.09. The van der Waals surface area contributed by atoms with Gasteiger partial charge < -0.3 is 39.4 Å². The van der Waals surface area contributed by atoms with Crippen LogP contribution in [-0.2, 0) is 23.0 Å². The van der Waals surface area contributed by atoms with Crippen LogP contribution in [0, 0.1) is 11.8 Å². The summed E-state index contributed by atoms with van der Waals surface area (Å²) in [4.78, 5) is 18.6. The fourth-order valence-corrected chi connectivity index (χ4v) is 12.2. The fourth-order valence-electron chi connectivity index (χ4n) is 12.2. The molecule has 0 amide bonds. The minimum absolute atomic E-state index is 0.0406. The Labute approximate surface area is 297 Å². The molecular formula is C40H48N2O9. The second-order valence-corrected chi connectivity index (χ2v) is 17.6. The van der Waals surface area contributed by atoms with E-state index in [4.69, 9.17) is 18.9 Å². The number of piperidine rings is 1. The molecule has 3 aliphatic heterocycles. The summed E-state index contributed by atoms with van der Waals surface area (Å²) < 4.78 is 25.1. The van der Waals surface area contributed by atoms with E-state index in [0.29, 0.717) is 68.3 Å². The van der Waals surface area contributed by atoms with Crippen molar-refractivity contribution >= 4 is 6.16 Å². The number of nitrogens with zero attached hydrogens (tertiary/aromatic N) is 2. The van der Waals surface area contributed by atoms with E-state index in [1.165, 1.54) is 25.7 Å². The predicted molar refractivity (Wildman–Crippen MR) is 182 cm³/mol. The molecule has 10 atom stereocenters. The number of hydrogen-bond donors (Lipinski definition) is 4. The molecule has 272 valence electrons. The van der Waals surface area contributed by atoms with Crippen molar-refractivity contribution in [1.29, 1.82) is 0 Å². The molecule has 2 aromatic carbocycles. The first-order chi connectivity index (χ1) is 24.6. The summed E-state index contributed by atoms with van der Waals surface area (Å²) in [5, 5.41) is 47.2.